The molecule has 0 heterocycles. The van der Waals surface area contributed by atoms with Gasteiger partial charge in [-0.1, -0.05) is 108 Å². The predicted octanol–water partition coefficient (Wildman–Crippen LogP) is 11.9. The lowest BCUT2D eigenvalue weighted by Gasteiger charge is -2.29. The van der Waals surface area contributed by atoms with Gasteiger partial charge in [0.25, 0.3) is 0 Å². The van der Waals surface area contributed by atoms with Gasteiger partial charge in [-0.15, -0.1) is 0 Å². The minimum atomic E-state index is -6.25. The summed E-state index contributed by atoms with van der Waals surface area (Å²) in [4.78, 5) is 23.2. The first-order valence-electron chi connectivity index (χ1n) is 20.0. The minimum absolute atomic E-state index is 0.128. The Hall–Kier alpha value is -4.15. The molecule has 0 bridgehead atoms. The van der Waals surface area contributed by atoms with E-state index in [0.717, 1.165) is 68.6 Å². The second-order valence-corrected chi connectivity index (χ2v) is 16.2. The van der Waals surface area contributed by atoms with Crippen molar-refractivity contribution in [2.45, 2.75) is 154 Å². The standard InChI is InChI=1S/C17H24O3.C15H16F6O3.C13H17F3O/c1-4-16(2,3)15(18)20-14-9-7-13(8-10-14)17(19)11-5-6-12-17;1-3-9(2)11-6-4-10(5-7-11)8-24-12(22)13(23,14(16,17)18)15(19,20)21;1-4-9(2)10-5-7-11(8-6-10)12(3,17)13(14,15)16/h7-10,19H,4-6,11-12H2,1-3H3;4-7,9,23H,3,8H2,1-2H3;5-9,17H,4H2,1-3H3. The molecule has 3 aromatic rings. The Kier molecular flexibility index (Phi) is 18.1. The van der Waals surface area contributed by atoms with Crippen molar-refractivity contribution in [2.24, 2.45) is 5.41 Å². The average Bonchev–Trinajstić information content (AvgIpc) is 3.65. The van der Waals surface area contributed by atoms with Crippen LogP contribution in [0, 0.1) is 5.41 Å². The van der Waals surface area contributed by atoms with Crippen LogP contribution in [0.15, 0.2) is 72.8 Å². The van der Waals surface area contributed by atoms with Gasteiger partial charge in [-0.25, -0.2) is 4.79 Å². The van der Waals surface area contributed by atoms with Gasteiger partial charge in [0.15, 0.2) is 5.60 Å². The van der Waals surface area contributed by atoms with Crippen molar-refractivity contribution in [1.82, 2.24) is 0 Å². The number of alkyl halides is 9. The van der Waals surface area contributed by atoms with Crippen molar-refractivity contribution in [3.63, 3.8) is 0 Å². The SMILES string of the molecule is CCC(C)(C)C(=O)Oc1ccc(C2(O)CCCC2)cc1.CCC(C)c1ccc(C(C)(O)C(F)(F)F)cc1.CCC(C)c1ccc(COC(=O)C(O)(C(F)(F)F)C(F)(F)F)cc1. The highest BCUT2D eigenvalue weighted by molar-refractivity contribution is 5.81. The first kappa shape index (κ1) is 53.0. The van der Waals surface area contributed by atoms with Gasteiger partial charge in [-0.2, -0.15) is 39.5 Å². The summed E-state index contributed by atoms with van der Waals surface area (Å²) in [6.45, 7) is 13.6. The molecule has 1 aliphatic rings. The Balaban J connectivity index is 0.000000320. The highest BCUT2D eigenvalue weighted by Gasteiger charge is 2.76. The second-order valence-electron chi connectivity index (χ2n) is 16.2. The van der Waals surface area contributed by atoms with Crippen LogP contribution in [-0.2, 0) is 32.1 Å². The summed E-state index contributed by atoms with van der Waals surface area (Å²) >= 11 is 0. The summed E-state index contributed by atoms with van der Waals surface area (Å²) in [5, 5.41) is 28.8. The van der Waals surface area contributed by atoms with Crippen LogP contribution in [0.4, 0.5) is 39.5 Å². The number of rotatable bonds is 12. The second kappa shape index (κ2) is 20.8. The van der Waals surface area contributed by atoms with Gasteiger partial charge < -0.3 is 24.8 Å². The monoisotopic (exact) mass is 880 g/mol. The molecule has 3 N–H and O–H groups in total. The third kappa shape index (κ3) is 13.4. The largest absolute Gasteiger partial charge is 0.458 e. The van der Waals surface area contributed by atoms with Crippen molar-refractivity contribution >= 4 is 11.9 Å². The molecular weight excluding hydrogens is 823 g/mol. The Morgan fingerprint density at radius 2 is 1.08 bits per heavy atom. The number of esters is 2. The van der Waals surface area contributed by atoms with Gasteiger partial charge in [-0.05, 0) is 105 Å². The maximum absolute atomic E-state index is 12.6. The van der Waals surface area contributed by atoms with Crippen LogP contribution in [0.1, 0.15) is 140 Å². The molecule has 61 heavy (non-hydrogen) atoms. The van der Waals surface area contributed by atoms with E-state index in [2.05, 4.69) is 4.74 Å². The van der Waals surface area contributed by atoms with E-state index in [1.165, 1.54) is 24.3 Å². The van der Waals surface area contributed by atoms with Gasteiger partial charge in [0.1, 0.15) is 12.4 Å². The van der Waals surface area contributed by atoms with Gasteiger partial charge in [0.2, 0.25) is 0 Å². The molecule has 3 atom stereocenters. The number of carbonyl (C=O) groups excluding carboxylic acids is 2. The molecule has 1 saturated carbocycles. The molecule has 4 rings (SSSR count). The zero-order chi connectivity index (χ0) is 46.8. The summed E-state index contributed by atoms with van der Waals surface area (Å²) in [5.41, 5.74) is -6.61. The third-order valence-electron chi connectivity index (χ3n) is 11.3. The van der Waals surface area contributed by atoms with E-state index in [0.29, 0.717) is 11.7 Å². The normalized spacial score (nSPS) is 16.5. The Bertz CT molecular complexity index is 1810. The molecule has 0 aromatic heterocycles. The van der Waals surface area contributed by atoms with Crippen molar-refractivity contribution in [1.29, 1.82) is 0 Å². The quantitative estimate of drug-likeness (QED) is 0.0943. The van der Waals surface area contributed by atoms with Gasteiger partial charge >= 0.3 is 36.1 Å². The van der Waals surface area contributed by atoms with Crippen molar-refractivity contribution in [2.75, 3.05) is 0 Å². The Morgan fingerprint density at radius 1 is 0.656 bits per heavy atom. The number of hydrogen-bond donors (Lipinski definition) is 3. The molecule has 0 amide bonds. The Morgan fingerprint density at radius 3 is 1.46 bits per heavy atom. The fourth-order valence-electron chi connectivity index (χ4n) is 5.83. The number of ether oxygens (including phenoxy) is 2. The van der Waals surface area contributed by atoms with Crippen molar-refractivity contribution in [3.05, 3.63) is 101 Å². The van der Waals surface area contributed by atoms with Gasteiger partial charge in [-0.3, -0.25) is 4.79 Å². The van der Waals surface area contributed by atoms with Crippen LogP contribution in [0.5, 0.6) is 5.75 Å². The van der Waals surface area contributed by atoms with Gasteiger partial charge in [0.05, 0.1) is 11.0 Å². The van der Waals surface area contributed by atoms with Crippen molar-refractivity contribution < 1.29 is 73.9 Å². The summed E-state index contributed by atoms with van der Waals surface area (Å²) in [7, 11) is 0. The van der Waals surface area contributed by atoms with Crippen LogP contribution in [0.3, 0.4) is 0 Å². The van der Waals surface area contributed by atoms with E-state index in [9.17, 15) is 59.3 Å². The lowest BCUT2D eigenvalue weighted by atomic mass is 9.90. The maximum Gasteiger partial charge on any atom is 0.437 e. The highest BCUT2D eigenvalue weighted by Crippen LogP contribution is 2.44. The molecule has 1 fully saturated rings. The van der Waals surface area contributed by atoms with E-state index in [-0.39, 0.29) is 23.0 Å². The summed E-state index contributed by atoms with van der Waals surface area (Å²) in [6, 6.07) is 19.4. The topological polar surface area (TPSA) is 113 Å². The molecule has 342 valence electrons. The number of hydrogen-bond acceptors (Lipinski definition) is 7. The molecule has 1 aliphatic carbocycles. The van der Waals surface area contributed by atoms with Crippen LogP contribution in [-0.4, -0.2) is 51.4 Å². The first-order chi connectivity index (χ1) is 27.9. The van der Waals surface area contributed by atoms with Crippen LogP contribution >= 0.6 is 0 Å². The molecule has 3 aromatic carbocycles. The molecule has 0 aliphatic heterocycles. The van der Waals surface area contributed by atoms with Crippen molar-refractivity contribution in [3.8, 4) is 5.75 Å². The Labute approximate surface area is 351 Å². The third-order valence-corrected chi connectivity index (χ3v) is 11.3. The number of benzene rings is 3. The van der Waals surface area contributed by atoms with E-state index in [4.69, 9.17) is 9.84 Å². The maximum atomic E-state index is 12.6. The van der Waals surface area contributed by atoms with E-state index in [1.807, 2.05) is 60.6 Å². The molecule has 0 spiro atoms. The lowest BCUT2D eigenvalue weighted by Crippen LogP contribution is -2.62. The average molecular weight is 881 g/mol. The number of halogens is 9. The zero-order valence-electron chi connectivity index (χ0n) is 35.6. The smallest absolute Gasteiger partial charge is 0.437 e. The van der Waals surface area contributed by atoms with Gasteiger partial charge in [0, 0.05) is 0 Å². The van der Waals surface area contributed by atoms with Crippen LogP contribution in [0.25, 0.3) is 0 Å². The highest BCUT2D eigenvalue weighted by atomic mass is 19.4. The summed E-state index contributed by atoms with van der Waals surface area (Å²) in [6.07, 6.45) is -10.9. The fourth-order valence-corrected chi connectivity index (χ4v) is 5.83. The summed E-state index contributed by atoms with van der Waals surface area (Å²) < 4.78 is 122. The molecule has 0 saturated heterocycles. The zero-order valence-corrected chi connectivity index (χ0v) is 35.6. The van der Waals surface area contributed by atoms with Crippen LogP contribution in [0.2, 0.25) is 0 Å². The summed E-state index contributed by atoms with van der Waals surface area (Å²) in [5.74, 6) is -1.95. The molecular formula is C45H57F9O7. The van der Waals surface area contributed by atoms with E-state index in [1.54, 1.807) is 36.4 Å². The molecule has 7 nitrogen and oxygen atoms in total. The number of carbonyl (C=O) groups is 2. The molecule has 3 unspecified atom stereocenters. The van der Waals surface area contributed by atoms with Crippen LogP contribution < -0.4 is 4.74 Å². The van der Waals surface area contributed by atoms with E-state index >= 15 is 0 Å². The first-order valence-corrected chi connectivity index (χ1v) is 20.0. The predicted molar refractivity (Wildman–Crippen MR) is 211 cm³/mol. The molecule has 0 radical (unpaired) electrons. The minimum Gasteiger partial charge on any atom is -0.458 e. The fraction of sp³-hybridized carbons (Fsp3) is 0.556. The number of aliphatic hydroxyl groups is 3. The van der Waals surface area contributed by atoms with E-state index < -0.39 is 53.3 Å². The lowest BCUT2D eigenvalue weighted by molar-refractivity contribution is -0.357. The molecule has 16 heteroatoms.